The van der Waals surface area contributed by atoms with Crippen LogP contribution in [0.25, 0.3) is 0 Å². The van der Waals surface area contributed by atoms with Gasteiger partial charge >= 0.3 is 0 Å². The Bertz CT molecular complexity index is 673. The minimum atomic E-state index is -0.357. The number of aromatic nitrogens is 2. The molecule has 1 amide bonds. The topological polar surface area (TPSA) is 76.6 Å². The van der Waals surface area contributed by atoms with E-state index in [0.29, 0.717) is 30.6 Å². The molecule has 0 saturated carbocycles. The minimum Gasteiger partial charge on any atom is -0.484 e. The fourth-order valence-corrected chi connectivity index (χ4v) is 2.19. The SMILES string of the molecule is O=C(COc1ccc(F)cc1)Nc1cnc(N2CCOCC2)nc1. The molecule has 1 aromatic carbocycles. The van der Waals surface area contributed by atoms with E-state index < -0.39 is 0 Å². The van der Waals surface area contributed by atoms with Crippen LogP contribution in [-0.4, -0.2) is 48.8 Å². The van der Waals surface area contributed by atoms with Crippen molar-refractivity contribution in [1.82, 2.24) is 9.97 Å². The van der Waals surface area contributed by atoms with Crippen molar-refractivity contribution in [1.29, 1.82) is 0 Å². The average Bonchev–Trinajstić information content (AvgIpc) is 2.63. The molecule has 8 heteroatoms. The van der Waals surface area contributed by atoms with Crippen LogP contribution in [0, 0.1) is 5.82 Å². The predicted octanol–water partition coefficient (Wildman–Crippen LogP) is 1.47. The quantitative estimate of drug-likeness (QED) is 0.893. The smallest absolute Gasteiger partial charge is 0.262 e. The van der Waals surface area contributed by atoms with Gasteiger partial charge in [-0.15, -0.1) is 0 Å². The van der Waals surface area contributed by atoms with Crippen LogP contribution < -0.4 is 15.0 Å². The molecule has 0 bridgehead atoms. The molecule has 126 valence electrons. The summed E-state index contributed by atoms with van der Waals surface area (Å²) in [4.78, 5) is 22.4. The van der Waals surface area contributed by atoms with Gasteiger partial charge in [0.05, 0.1) is 31.3 Å². The highest BCUT2D eigenvalue weighted by Gasteiger charge is 2.13. The number of nitrogens with zero attached hydrogens (tertiary/aromatic N) is 3. The lowest BCUT2D eigenvalue weighted by molar-refractivity contribution is -0.118. The van der Waals surface area contributed by atoms with Crippen molar-refractivity contribution < 1.29 is 18.7 Å². The highest BCUT2D eigenvalue weighted by atomic mass is 19.1. The van der Waals surface area contributed by atoms with Gasteiger partial charge in [0.25, 0.3) is 5.91 Å². The van der Waals surface area contributed by atoms with Crippen LogP contribution in [0.2, 0.25) is 0 Å². The summed E-state index contributed by atoms with van der Waals surface area (Å²) in [6, 6.07) is 5.46. The third kappa shape index (κ3) is 4.39. The van der Waals surface area contributed by atoms with Gasteiger partial charge in [0.2, 0.25) is 5.95 Å². The van der Waals surface area contributed by atoms with Crippen molar-refractivity contribution in [3.05, 3.63) is 42.5 Å². The second-order valence-corrected chi connectivity index (χ2v) is 5.16. The number of ether oxygens (including phenoxy) is 2. The Balaban J connectivity index is 1.49. The maximum Gasteiger partial charge on any atom is 0.262 e. The Kier molecular flexibility index (Phi) is 5.17. The third-order valence-electron chi connectivity index (χ3n) is 3.40. The van der Waals surface area contributed by atoms with Gasteiger partial charge in [-0.2, -0.15) is 0 Å². The van der Waals surface area contributed by atoms with E-state index in [-0.39, 0.29) is 18.3 Å². The lowest BCUT2D eigenvalue weighted by Crippen LogP contribution is -2.37. The molecule has 1 aliphatic heterocycles. The van der Waals surface area contributed by atoms with Crippen molar-refractivity contribution >= 4 is 17.5 Å². The summed E-state index contributed by atoms with van der Waals surface area (Å²) in [5, 5.41) is 2.65. The molecule has 0 aliphatic carbocycles. The number of hydrogen-bond acceptors (Lipinski definition) is 6. The zero-order chi connectivity index (χ0) is 16.8. The number of benzene rings is 1. The summed E-state index contributed by atoms with van der Waals surface area (Å²) in [6.45, 7) is 2.62. The summed E-state index contributed by atoms with van der Waals surface area (Å²) in [7, 11) is 0. The molecule has 0 spiro atoms. The molecule has 0 radical (unpaired) electrons. The first-order chi connectivity index (χ1) is 11.7. The molecule has 1 N–H and O–H groups in total. The lowest BCUT2D eigenvalue weighted by Gasteiger charge is -2.26. The van der Waals surface area contributed by atoms with Crippen LogP contribution >= 0.6 is 0 Å². The van der Waals surface area contributed by atoms with Gasteiger partial charge in [0.15, 0.2) is 6.61 Å². The summed E-state index contributed by atoms with van der Waals surface area (Å²) in [6.07, 6.45) is 3.10. The van der Waals surface area contributed by atoms with Crippen LogP contribution in [0.3, 0.4) is 0 Å². The molecule has 1 aliphatic rings. The van der Waals surface area contributed by atoms with E-state index in [2.05, 4.69) is 15.3 Å². The van der Waals surface area contributed by atoms with E-state index in [0.717, 1.165) is 13.1 Å². The standard InChI is InChI=1S/C16H17FN4O3/c17-12-1-3-14(4-2-12)24-11-15(22)20-13-9-18-16(19-10-13)21-5-7-23-8-6-21/h1-4,9-10H,5-8,11H2,(H,20,22). The average molecular weight is 332 g/mol. The number of nitrogens with one attached hydrogen (secondary N) is 1. The number of carbonyl (C=O) groups is 1. The Morgan fingerprint density at radius 3 is 2.54 bits per heavy atom. The second kappa shape index (κ2) is 7.69. The van der Waals surface area contributed by atoms with Crippen LogP contribution in [0.4, 0.5) is 16.0 Å². The van der Waals surface area contributed by atoms with Crippen LogP contribution in [0.1, 0.15) is 0 Å². The minimum absolute atomic E-state index is 0.184. The van der Waals surface area contributed by atoms with Crippen LogP contribution in [0.5, 0.6) is 5.75 Å². The third-order valence-corrected chi connectivity index (χ3v) is 3.40. The second-order valence-electron chi connectivity index (χ2n) is 5.16. The molecule has 1 saturated heterocycles. The molecule has 1 aromatic heterocycles. The first kappa shape index (κ1) is 16.1. The number of rotatable bonds is 5. The fourth-order valence-electron chi connectivity index (χ4n) is 2.19. The molecule has 2 aromatic rings. The summed E-state index contributed by atoms with van der Waals surface area (Å²) in [5.74, 6) is 0.329. The molecule has 1 fully saturated rings. The van der Waals surface area contributed by atoms with Crippen LogP contribution in [-0.2, 0) is 9.53 Å². The Hall–Kier alpha value is -2.74. The number of halogens is 1. The van der Waals surface area contributed by atoms with E-state index in [1.54, 1.807) is 12.4 Å². The molecule has 24 heavy (non-hydrogen) atoms. The molecule has 2 heterocycles. The summed E-state index contributed by atoms with van der Waals surface area (Å²) >= 11 is 0. The maximum atomic E-state index is 12.8. The van der Waals surface area contributed by atoms with E-state index >= 15 is 0 Å². The lowest BCUT2D eigenvalue weighted by atomic mass is 10.3. The van der Waals surface area contributed by atoms with Gasteiger partial charge < -0.3 is 19.7 Å². The molecule has 0 unspecified atom stereocenters. The van der Waals surface area contributed by atoms with Gasteiger partial charge in [0.1, 0.15) is 11.6 Å². The van der Waals surface area contributed by atoms with Crippen molar-refractivity contribution in [2.75, 3.05) is 43.1 Å². The van der Waals surface area contributed by atoms with E-state index in [1.807, 2.05) is 4.90 Å². The number of hydrogen-bond donors (Lipinski definition) is 1. The summed E-state index contributed by atoms with van der Waals surface area (Å²) < 4.78 is 23.3. The molecule has 3 rings (SSSR count). The highest BCUT2D eigenvalue weighted by Crippen LogP contribution is 2.13. The summed E-state index contributed by atoms with van der Waals surface area (Å²) in [5.41, 5.74) is 0.486. The van der Waals surface area contributed by atoms with Gasteiger partial charge in [-0.05, 0) is 24.3 Å². The number of anilines is 2. The molecular formula is C16H17FN4O3. The Morgan fingerprint density at radius 2 is 1.88 bits per heavy atom. The Labute approximate surface area is 138 Å². The van der Waals surface area contributed by atoms with Crippen molar-refractivity contribution in [2.45, 2.75) is 0 Å². The first-order valence-corrected chi connectivity index (χ1v) is 7.54. The zero-order valence-electron chi connectivity index (χ0n) is 12.9. The Morgan fingerprint density at radius 1 is 1.21 bits per heavy atom. The maximum absolute atomic E-state index is 12.8. The van der Waals surface area contributed by atoms with E-state index in [1.165, 1.54) is 24.3 Å². The highest BCUT2D eigenvalue weighted by molar-refractivity contribution is 5.91. The van der Waals surface area contributed by atoms with Crippen LogP contribution in [0.15, 0.2) is 36.7 Å². The molecule has 0 atom stereocenters. The van der Waals surface area contributed by atoms with Gasteiger partial charge in [-0.1, -0.05) is 0 Å². The molecular weight excluding hydrogens is 315 g/mol. The zero-order valence-corrected chi connectivity index (χ0v) is 12.9. The fraction of sp³-hybridized carbons (Fsp3) is 0.312. The largest absolute Gasteiger partial charge is 0.484 e. The monoisotopic (exact) mass is 332 g/mol. The molecule has 7 nitrogen and oxygen atoms in total. The number of morpholine rings is 1. The van der Waals surface area contributed by atoms with Gasteiger partial charge in [-0.25, -0.2) is 14.4 Å². The van der Waals surface area contributed by atoms with E-state index in [9.17, 15) is 9.18 Å². The normalized spacial score (nSPS) is 14.3. The van der Waals surface area contributed by atoms with Gasteiger partial charge in [-0.3, -0.25) is 4.79 Å². The van der Waals surface area contributed by atoms with E-state index in [4.69, 9.17) is 9.47 Å². The number of carbonyl (C=O) groups excluding carboxylic acids is 1. The van der Waals surface area contributed by atoms with Crippen molar-refractivity contribution in [3.63, 3.8) is 0 Å². The van der Waals surface area contributed by atoms with Crippen molar-refractivity contribution in [2.24, 2.45) is 0 Å². The first-order valence-electron chi connectivity index (χ1n) is 7.54. The van der Waals surface area contributed by atoms with Crippen molar-refractivity contribution in [3.8, 4) is 5.75 Å². The predicted molar refractivity (Wildman–Crippen MR) is 85.6 cm³/mol. The number of amides is 1. The van der Waals surface area contributed by atoms with Gasteiger partial charge in [0, 0.05) is 13.1 Å².